The first-order valence-corrected chi connectivity index (χ1v) is 8.94. The second-order valence-electron chi connectivity index (χ2n) is 5.87. The summed E-state index contributed by atoms with van der Waals surface area (Å²) in [4.78, 5) is 24.3. The molecule has 0 atom stereocenters. The Morgan fingerprint density at radius 1 is 1.10 bits per heavy atom. The van der Waals surface area contributed by atoms with Gasteiger partial charge in [0.25, 0.3) is 5.91 Å². The van der Waals surface area contributed by atoms with Crippen molar-refractivity contribution in [2.45, 2.75) is 6.54 Å². The van der Waals surface area contributed by atoms with Crippen LogP contribution < -0.4 is 10.1 Å². The molecular formula is C22H15ClN2O4. The third-order valence-electron chi connectivity index (χ3n) is 3.86. The second kappa shape index (κ2) is 9.40. The number of ether oxygens (including phenoxy) is 1. The molecule has 0 saturated carbocycles. The Morgan fingerprint density at radius 3 is 2.52 bits per heavy atom. The lowest BCUT2D eigenvalue weighted by Crippen LogP contribution is -2.23. The van der Waals surface area contributed by atoms with Crippen LogP contribution in [0.3, 0.4) is 0 Å². The zero-order valence-corrected chi connectivity index (χ0v) is 15.8. The highest BCUT2D eigenvalue weighted by atomic mass is 35.5. The van der Waals surface area contributed by atoms with E-state index in [9.17, 15) is 14.9 Å². The monoisotopic (exact) mass is 406 g/mol. The highest BCUT2D eigenvalue weighted by Gasteiger charge is 2.13. The number of hydrogen-bond donors (Lipinski definition) is 1. The Labute approximate surface area is 172 Å². The summed E-state index contributed by atoms with van der Waals surface area (Å²) in [6.07, 6.45) is 2.94. The van der Waals surface area contributed by atoms with Crippen LogP contribution in [0, 0.1) is 11.3 Å². The van der Waals surface area contributed by atoms with E-state index in [0.717, 1.165) is 0 Å². The van der Waals surface area contributed by atoms with Crippen molar-refractivity contribution in [3.8, 4) is 11.8 Å². The molecular weight excluding hydrogens is 392 g/mol. The predicted molar refractivity (Wildman–Crippen MR) is 107 cm³/mol. The molecule has 6 nitrogen and oxygen atoms in total. The van der Waals surface area contributed by atoms with E-state index in [2.05, 4.69) is 5.32 Å². The van der Waals surface area contributed by atoms with Gasteiger partial charge in [0, 0.05) is 0 Å². The van der Waals surface area contributed by atoms with E-state index in [4.69, 9.17) is 20.8 Å². The minimum atomic E-state index is -0.575. The van der Waals surface area contributed by atoms with Crippen LogP contribution >= 0.6 is 11.6 Å². The van der Waals surface area contributed by atoms with Gasteiger partial charge in [-0.25, -0.2) is 4.79 Å². The summed E-state index contributed by atoms with van der Waals surface area (Å²) in [6.45, 7) is 0.182. The quantitative estimate of drug-likeness (QED) is 0.284. The Bertz CT molecular complexity index is 1080. The number of amides is 1. The lowest BCUT2D eigenvalue weighted by molar-refractivity contribution is -0.117. The SMILES string of the molecule is N#C/C(=C/c1ccc(OC(=O)c2ccccc2Cl)cc1)C(=O)NCc1ccco1. The zero-order chi connectivity index (χ0) is 20.6. The van der Waals surface area contributed by atoms with E-state index in [1.165, 1.54) is 12.3 Å². The smallest absolute Gasteiger partial charge is 0.345 e. The van der Waals surface area contributed by atoms with Gasteiger partial charge in [-0.3, -0.25) is 4.79 Å². The molecule has 1 amide bonds. The molecule has 0 bridgehead atoms. The number of carbonyl (C=O) groups is 2. The maximum atomic E-state index is 12.2. The van der Waals surface area contributed by atoms with E-state index < -0.39 is 11.9 Å². The third-order valence-corrected chi connectivity index (χ3v) is 4.19. The van der Waals surface area contributed by atoms with Crippen LogP contribution in [0.4, 0.5) is 0 Å². The maximum Gasteiger partial charge on any atom is 0.345 e. The van der Waals surface area contributed by atoms with Gasteiger partial charge in [-0.1, -0.05) is 35.9 Å². The van der Waals surface area contributed by atoms with Gasteiger partial charge in [0.2, 0.25) is 0 Å². The Hall–Kier alpha value is -3.82. The molecule has 0 spiro atoms. The van der Waals surface area contributed by atoms with E-state index in [0.29, 0.717) is 22.1 Å². The van der Waals surface area contributed by atoms with Crippen LogP contribution in [0.25, 0.3) is 6.08 Å². The summed E-state index contributed by atoms with van der Waals surface area (Å²) < 4.78 is 10.4. The number of rotatable bonds is 6. The number of carbonyl (C=O) groups excluding carboxylic acids is 2. The summed E-state index contributed by atoms with van der Waals surface area (Å²) >= 11 is 5.99. The third kappa shape index (κ3) is 5.34. The fraction of sp³-hybridized carbons (Fsp3) is 0.0455. The summed E-state index contributed by atoms with van der Waals surface area (Å²) in [5, 5.41) is 12.2. The van der Waals surface area contributed by atoms with Gasteiger partial charge in [0.1, 0.15) is 23.2 Å². The van der Waals surface area contributed by atoms with E-state index in [-0.39, 0.29) is 17.7 Å². The molecule has 3 rings (SSSR count). The molecule has 0 aliphatic carbocycles. The van der Waals surface area contributed by atoms with E-state index in [1.807, 2.05) is 6.07 Å². The van der Waals surface area contributed by atoms with Gasteiger partial charge >= 0.3 is 5.97 Å². The van der Waals surface area contributed by atoms with E-state index >= 15 is 0 Å². The van der Waals surface area contributed by atoms with Gasteiger partial charge in [-0.05, 0) is 48.0 Å². The van der Waals surface area contributed by atoms with Crippen molar-refractivity contribution in [3.05, 3.63) is 94.4 Å². The Balaban J connectivity index is 1.65. The number of nitriles is 1. The van der Waals surface area contributed by atoms with Crippen LogP contribution in [-0.4, -0.2) is 11.9 Å². The standard InChI is InChI=1S/C22H15ClN2O4/c23-20-6-2-1-5-19(20)22(27)29-17-9-7-15(8-10-17)12-16(13-24)21(26)25-14-18-4-3-11-28-18/h1-12H,14H2,(H,25,26)/b16-12-. The van der Waals surface area contributed by atoms with Crippen molar-refractivity contribution < 1.29 is 18.7 Å². The van der Waals surface area contributed by atoms with Gasteiger partial charge in [-0.2, -0.15) is 5.26 Å². The van der Waals surface area contributed by atoms with Crippen LogP contribution in [0.2, 0.25) is 5.02 Å². The first-order valence-electron chi connectivity index (χ1n) is 8.56. The zero-order valence-electron chi connectivity index (χ0n) is 15.1. The molecule has 29 heavy (non-hydrogen) atoms. The normalized spacial score (nSPS) is 10.8. The molecule has 1 aromatic heterocycles. The van der Waals surface area contributed by atoms with Crippen LogP contribution in [0.1, 0.15) is 21.7 Å². The molecule has 144 valence electrons. The van der Waals surface area contributed by atoms with Gasteiger partial charge in [-0.15, -0.1) is 0 Å². The lowest BCUT2D eigenvalue weighted by atomic mass is 10.1. The first-order chi connectivity index (χ1) is 14.1. The average molecular weight is 407 g/mol. The lowest BCUT2D eigenvalue weighted by Gasteiger charge is -2.06. The van der Waals surface area contributed by atoms with Gasteiger partial charge in [0.05, 0.1) is 23.4 Å². The summed E-state index contributed by atoms with van der Waals surface area (Å²) in [5.41, 5.74) is 0.808. The molecule has 2 aromatic carbocycles. The van der Waals surface area contributed by atoms with Crippen molar-refractivity contribution in [2.75, 3.05) is 0 Å². The van der Waals surface area contributed by atoms with Crippen molar-refractivity contribution in [3.63, 3.8) is 0 Å². The van der Waals surface area contributed by atoms with Crippen molar-refractivity contribution in [2.24, 2.45) is 0 Å². The topological polar surface area (TPSA) is 92.3 Å². The summed E-state index contributed by atoms with van der Waals surface area (Å²) in [5.74, 6) is -0.194. The van der Waals surface area contributed by atoms with Crippen LogP contribution in [0.15, 0.2) is 76.9 Å². The fourth-order valence-electron chi connectivity index (χ4n) is 2.41. The highest BCUT2D eigenvalue weighted by Crippen LogP contribution is 2.20. The summed E-state index contributed by atoms with van der Waals surface area (Å²) in [7, 11) is 0. The van der Waals surface area contributed by atoms with Gasteiger partial charge < -0.3 is 14.5 Å². The fourth-order valence-corrected chi connectivity index (χ4v) is 2.62. The number of halogens is 1. The first kappa shape index (κ1) is 19.9. The average Bonchev–Trinajstić information content (AvgIpc) is 3.25. The molecule has 7 heteroatoms. The molecule has 0 aliphatic rings. The highest BCUT2D eigenvalue weighted by molar-refractivity contribution is 6.33. The molecule has 1 N–H and O–H groups in total. The number of hydrogen-bond acceptors (Lipinski definition) is 5. The molecule has 0 aliphatic heterocycles. The number of nitrogens with one attached hydrogen (secondary N) is 1. The number of benzene rings is 2. The number of esters is 1. The Morgan fingerprint density at radius 2 is 1.86 bits per heavy atom. The largest absolute Gasteiger partial charge is 0.467 e. The molecule has 0 unspecified atom stereocenters. The Kier molecular flexibility index (Phi) is 6.46. The molecule has 0 saturated heterocycles. The minimum absolute atomic E-state index is 0.0580. The maximum absolute atomic E-state index is 12.2. The predicted octanol–water partition coefficient (Wildman–Crippen LogP) is 4.38. The van der Waals surface area contributed by atoms with Gasteiger partial charge in [0.15, 0.2) is 0 Å². The molecule has 1 heterocycles. The van der Waals surface area contributed by atoms with E-state index in [1.54, 1.807) is 60.7 Å². The minimum Gasteiger partial charge on any atom is -0.467 e. The second-order valence-corrected chi connectivity index (χ2v) is 6.28. The van der Waals surface area contributed by atoms with Crippen molar-refractivity contribution in [1.82, 2.24) is 5.32 Å². The number of nitrogens with zero attached hydrogens (tertiary/aromatic N) is 1. The van der Waals surface area contributed by atoms with Crippen molar-refractivity contribution in [1.29, 1.82) is 5.26 Å². The summed E-state index contributed by atoms with van der Waals surface area (Å²) in [6, 6.07) is 18.3. The molecule has 0 fully saturated rings. The van der Waals surface area contributed by atoms with Crippen LogP contribution in [0.5, 0.6) is 5.75 Å². The number of furan rings is 1. The molecule has 3 aromatic rings. The van der Waals surface area contributed by atoms with Crippen LogP contribution in [-0.2, 0) is 11.3 Å². The van der Waals surface area contributed by atoms with Crippen molar-refractivity contribution >= 4 is 29.6 Å². The molecule has 0 radical (unpaired) electrons.